The van der Waals surface area contributed by atoms with E-state index >= 15 is 0 Å². The Hall–Kier alpha value is -3.06. The third-order valence-electron chi connectivity index (χ3n) is 4.44. The van der Waals surface area contributed by atoms with Crippen LogP contribution in [-0.4, -0.2) is 48.9 Å². The molecule has 1 aliphatic rings. The molecule has 1 saturated heterocycles. The second kappa shape index (κ2) is 8.75. The van der Waals surface area contributed by atoms with Crippen LogP contribution in [0.3, 0.4) is 0 Å². The molecule has 3 rings (SSSR count). The van der Waals surface area contributed by atoms with Gasteiger partial charge in [-0.1, -0.05) is 11.6 Å². The number of amides is 3. The summed E-state index contributed by atoms with van der Waals surface area (Å²) in [6.45, 7) is 0.669. The van der Waals surface area contributed by atoms with Crippen molar-refractivity contribution in [3.05, 3.63) is 59.1 Å². The fourth-order valence-corrected chi connectivity index (χ4v) is 3.11. The van der Waals surface area contributed by atoms with E-state index in [2.05, 4.69) is 10.6 Å². The number of nitrogens with zero attached hydrogens (tertiary/aromatic N) is 1. The van der Waals surface area contributed by atoms with Gasteiger partial charge < -0.3 is 20.3 Å². The van der Waals surface area contributed by atoms with E-state index in [-0.39, 0.29) is 24.1 Å². The molecule has 28 heavy (non-hydrogen) atoms. The maximum absolute atomic E-state index is 12.8. The van der Waals surface area contributed by atoms with E-state index in [9.17, 15) is 14.4 Å². The number of halogens is 1. The van der Waals surface area contributed by atoms with E-state index in [1.165, 1.54) is 4.90 Å². The highest BCUT2D eigenvalue weighted by Crippen LogP contribution is 2.18. The molecule has 1 aliphatic heterocycles. The molecular formula is C20H20ClN3O4. The van der Waals surface area contributed by atoms with Crippen LogP contribution in [0.4, 0.5) is 5.69 Å². The second-order valence-corrected chi connectivity index (χ2v) is 6.73. The van der Waals surface area contributed by atoms with Gasteiger partial charge in [0.15, 0.2) is 0 Å². The molecule has 0 bridgehead atoms. The first-order valence-electron chi connectivity index (χ1n) is 8.76. The molecule has 0 aliphatic carbocycles. The first-order chi connectivity index (χ1) is 13.5. The molecule has 3 amide bonds. The minimum atomic E-state index is -0.879. The summed E-state index contributed by atoms with van der Waals surface area (Å²) in [6.07, 6.45) is -0.142. The number of carbonyl (C=O) groups is 3. The maximum atomic E-state index is 12.8. The van der Waals surface area contributed by atoms with Gasteiger partial charge in [-0.15, -0.1) is 0 Å². The van der Waals surface area contributed by atoms with Gasteiger partial charge in [-0.3, -0.25) is 14.4 Å². The number of benzene rings is 2. The summed E-state index contributed by atoms with van der Waals surface area (Å²) in [7, 11) is 1.56. The number of ether oxygens (including phenoxy) is 1. The van der Waals surface area contributed by atoms with E-state index in [0.717, 1.165) is 0 Å². The first-order valence-corrected chi connectivity index (χ1v) is 9.14. The fourth-order valence-electron chi connectivity index (χ4n) is 2.98. The standard InChI is InChI=1S/C20H20ClN3O4/c1-28-16-8-6-15(7-9-16)23-18(25)12-17-19(26)22-10-11-24(17)20(27)13-2-4-14(21)5-3-13/h2-9,17H,10-12H2,1H3,(H,22,26)(H,23,25)/t17-/m1/s1. The van der Waals surface area contributed by atoms with E-state index in [0.29, 0.717) is 35.1 Å². The van der Waals surface area contributed by atoms with Gasteiger partial charge in [0.2, 0.25) is 11.8 Å². The molecule has 2 aromatic rings. The number of hydrogen-bond acceptors (Lipinski definition) is 4. The minimum absolute atomic E-state index is 0.142. The van der Waals surface area contributed by atoms with Crippen molar-refractivity contribution in [3.63, 3.8) is 0 Å². The van der Waals surface area contributed by atoms with Crippen molar-refractivity contribution in [1.29, 1.82) is 0 Å². The molecule has 8 heteroatoms. The lowest BCUT2D eigenvalue weighted by molar-refractivity contribution is -0.131. The Bertz CT molecular complexity index is 868. The van der Waals surface area contributed by atoms with Gasteiger partial charge in [-0.25, -0.2) is 0 Å². The van der Waals surface area contributed by atoms with Crippen LogP contribution in [0.15, 0.2) is 48.5 Å². The van der Waals surface area contributed by atoms with Crippen molar-refractivity contribution in [1.82, 2.24) is 10.2 Å². The van der Waals surface area contributed by atoms with Crippen molar-refractivity contribution >= 4 is 35.0 Å². The van der Waals surface area contributed by atoms with E-state index < -0.39 is 6.04 Å². The van der Waals surface area contributed by atoms with E-state index in [1.807, 2.05) is 0 Å². The quantitative estimate of drug-likeness (QED) is 0.804. The molecule has 0 unspecified atom stereocenters. The highest BCUT2D eigenvalue weighted by molar-refractivity contribution is 6.30. The highest BCUT2D eigenvalue weighted by atomic mass is 35.5. The van der Waals surface area contributed by atoms with Gasteiger partial charge in [0, 0.05) is 29.4 Å². The average Bonchev–Trinajstić information content (AvgIpc) is 2.70. The summed E-state index contributed by atoms with van der Waals surface area (Å²) in [6, 6.07) is 12.4. The zero-order valence-corrected chi connectivity index (χ0v) is 16.0. The van der Waals surface area contributed by atoms with Gasteiger partial charge in [0.05, 0.1) is 13.5 Å². The molecule has 2 aromatic carbocycles. The van der Waals surface area contributed by atoms with Crippen molar-refractivity contribution < 1.29 is 19.1 Å². The largest absolute Gasteiger partial charge is 0.497 e. The van der Waals surface area contributed by atoms with Crippen LogP contribution in [-0.2, 0) is 9.59 Å². The van der Waals surface area contributed by atoms with Crippen molar-refractivity contribution in [2.45, 2.75) is 12.5 Å². The summed E-state index contributed by atoms with van der Waals surface area (Å²) in [5.41, 5.74) is 0.997. The monoisotopic (exact) mass is 401 g/mol. The number of hydrogen-bond donors (Lipinski definition) is 2. The van der Waals surface area contributed by atoms with Crippen LogP contribution in [0, 0.1) is 0 Å². The molecule has 0 aromatic heterocycles. The van der Waals surface area contributed by atoms with Gasteiger partial charge in [0.25, 0.3) is 5.91 Å². The first kappa shape index (κ1) is 19.7. The summed E-state index contributed by atoms with van der Waals surface area (Å²) >= 11 is 5.87. The van der Waals surface area contributed by atoms with Crippen LogP contribution in [0.25, 0.3) is 0 Å². The lowest BCUT2D eigenvalue weighted by Crippen LogP contribution is -2.58. The lowest BCUT2D eigenvalue weighted by Gasteiger charge is -2.34. The molecule has 7 nitrogen and oxygen atoms in total. The third-order valence-corrected chi connectivity index (χ3v) is 4.69. The van der Waals surface area contributed by atoms with Crippen molar-refractivity contribution in [2.75, 3.05) is 25.5 Å². The Morgan fingerprint density at radius 3 is 2.50 bits per heavy atom. The maximum Gasteiger partial charge on any atom is 0.254 e. The van der Waals surface area contributed by atoms with Crippen LogP contribution in [0.5, 0.6) is 5.75 Å². The fraction of sp³-hybridized carbons (Fsp3) is 0.250. The SMILES string of the molecule is COc1ccc(NC(=O)C[C@@H]2C(=O)NCCN2C(=O)c2ccc(Cl)cc2)cc1. The summed E-state index contributed by atoms with van der Waals surface area (Å²) in [5.74, 6) is -0.349. The van der Waals surface area contributed by atoms with Crippen molar-refractivity contribution in [3.8, 4) is 5.75 Å². The van der Waals surface area contributed by atoms with Gasteiger partial charge in [-0.2, -0.15) is 0 Å². The van der Waals surface area contributed by atoms with Crippen LogP contribution in [0.2, 0.25) is 5.02 Å². The zero-order chi connectivity index (χ0) is 20.1. The summed E-state index contributed by atoms with van der Waals surface area (Å²) in [4.78, 5) is 39.1. The summed E-state index contributed by atoms with van der Waals surface area (Å²) in [5, 5.41) is 5.97. The predicted octanol–water partition coefficient (Wildman–Crippen LogP) is 2.32. The normalized spacial score (nSPS) is 16.3. The average molecular weight is 402 g/mol. The van der Waals surface area contributed by atoms with Crippen LogP contribution in [0.1, 0.15) is 16.8 Å². The molecule has 2 N–H and O–H groups in total. The van der Waals surface area contributed by atoms with Crippen LogP contribution < -0.4 is 15.4 Å². The van der Waals surface area contributed by atoms with Gasteiger partial charge in [-0.05, 0) is 48.5 Å². The van der Waals surface area contributed by atoms with Crippen LogP contribution >= 0.6 is 11.6 Å². The number of piperazine rings is 1. The Labute approximate surface area is 167 Å². The predicted molar refractivity (Wildman–Crippen MR) is 106 cm³/mol. The number of methoxy groups -OCH3 is 1. The Kier molecular flexibility index (Phi) is 6.16. The molecule has 0 spiro atoms. The zero-order valence-electron chi connectivity index (χ0n) is 15.3. The third kappa shape index (κ3) is 4.61. The van der Waals surface area contributed by atoms with Gasteiger partial charge in [0.1, 0.15) is 11.8 Å². The topological polar surface area (TPSA) is 87.7 Å². The Morgan fingerprint density at radius 2 is 1.86 bits per heavy atom. The molecule has 1 atom stereocenters. The highest BCUT2D eigenvalue weighted by Gasteiger charge is 2.35. The Morgan fingerprint density at radius 1 is 1.18 bits per heavy atom. The number of carbonyl (C=O) groups excluding carboxylic acids is 3. The molecule has 1 fully saturated rings. The van der Waals surface area contributed by atoms with E-state index in [1.54, 1.807) is 55.6 Å². The summed E-state index contributed by atoms with van der Waals surface area (Å²) < 4.78 is 5.08. The number of anilines is 1. The lowest BCUT2D eigenvalue weighted by atomic mass is 10.1. The Balaban J connectivity index is 1.71. The smallest absolute Gasteiger partial charge is 0.254 e. The number of rotatable bonds is 5. The molecule has 0 saturated carbocycles. The molecule has 146 valence electrons. The van der Waals surface area contributed by atoms with Crippen molar-refractivity contribution in [2.24, 2.45) is 0 Å². The van der Waals surface area contributed by atoms with E-state index in [4.69, 9.17) is 16.3 Å². The minimum Gasteiger partial charge on any atom is -0.497 e. The molecule has 1 heterocycles. The van der Waals surface area contributed by atoms with Gasteiger partial charge >= 0.3 is 0 Å². The molecular weight excluding hydrogens is 382 g/mol. The molecule has 0 radical (unpaired) electrons. The second-order valence-electron chi connectivity index (χ2n) is 6.29. The number of nitrogens with one attached hydrogen (secondary N) is 2.